The number of rotatable bonds is 2. The summed E-state index contributed by atoms with van der Waals surface area (Å²) in [6.07, 6.45) is 1.63. The monoisotopic (exact) mass is 388 g/mol. The molecule has 2 aliphatic rings. The average Bonchev–Trinajstić information content (AvgIpc) is 3.04. The minimum atomic E-state index is -1.76. The number of Topliss-reactive ketones (excluding diaryl/α,β-unsaturated/α-hetero) is 1. The third kappa shape index (κ3) is 2.63. The number of ketones is 1. The van der Waals surface area contributed by atoms with E-state index in [0.29, 0.717) is 5.56 Å². The van der Waals surface area contributed by atoms with Gasteiger partial charge in [-0.2, -0.15) is 0 Å². The van der Waals surface area contributed by atoms with Crippen LogP contribution in [-0.4, -0.2) is 47.5 Å². The first-order chi connectivity index (χ1) is 13.9. The van der Waals surface area contributed by atoms with Crippen molar-refractivity contribution in [3.05, 3.63) is 77.4 Å². The Hall–Kier alpha value is -3.54. The molecule has 6 nitrogen and oxygen atoms in total. The van der Waals surface area contributed by atoms with Crippen molar-refractivity contribution in [2.75, 3.05) is 14.1 Å². The molecule has 2 fully saturated rings. The van der Waals surface area contributed by atoms with Gasteiger partial charge in [0.1, 0.15) is 0 Å². The quantitative estimate of drug-likeness (QED) is 0.586. The summed E-state index contributed by atoms with van der Waals surface area (Å²) in [6, 6.07) is 17.5. The van der Waals surface area contributed by atoms with E-state index >= 15 is 0 Å². The molecule has 0 N–H and O–H groups in total. The van der Waals surface area contributed by atoms with E-state index in [-0.39, 0.29) is 17.8 Å². The van der Waals surface area contributed by atoms with Crippen LogP contribution in [0.15, 0.2) is 66.2 Å². The Morgan fingerprint density at radius 2 is 1.34 bits per heavy atom. The zero-order valence-corrected chi connectivity index (χ0v) is 16.2. The predicted octanol–water partition coefficient (Wildman–Crippen LogP) is 2.86. The molecular formula is C23H20N2O4. The van der Waals surface area contributed by atoms with Gasteiger partial charge in [0.05, 0.1) is 0 Å². The Kier molecular flexibility index (Phi) is 4.42. The van der Waals surface area contributed by atoms with E-state index in [1.807, 2.05) is 48.5 Å². The molecule has 1 heterocycles. The molecule has 1 saturated carbocycles. The van der Waals surface area contributed by atoms with Crippen LogP contribution in [0.3, 0.4) is 0 Å². The lowest BCUT2D eigenvalue weighted by atomic mass is 9.68. The Bertz CT molecular complexity index is 1020. The third-order valence-corrected chi connectivity index (χ3v) is 5.81. The van der Waals surface area contributed by atoms with Gasteiger partial charge in [0.15, 0.2) is 11.2 Å². The average molecular weight is 388 g/mol. The Morgan fingerprint density at radius 1 is 0.828 bits per heavy atom. The Balaban J connectivity index is 2.00. The van der Waals surface area contributed by atoms with Crippen molar-refractivity contribution in [1.82, 2.24) is 9.80 Å². The molecule has 1 spiro atoms. The van der Waals surface area contributed by atoms with Crippen molar-refractivity contribution in [2.45, 2.75) is 12.3 Å². The number of barbiturate groups is 1. The number of urea groups is 1. The van der Waals surface area contributed by atoms with Crippen LogP contribution in [0.2, 0.25) is 0 Å². The SMILES string of the molecule is CN1C(=O)N(C)C(=O)C2(C1=O)/C(=C\c1ccccc1)C(=O)C[C@H]2c1ccccc1. The fraction of sp³-hybridized carbons (Fsp3) is 0.217. The highest BCUT2D eigenvalue weighted by Crippen LogP contribution is 2.55. The standard InChI is InChI=1S/C23H20N2O4/c1-24-20(27)23(21(28)25(2)22(24)29)17(16-11-7-4-8-12-16)14-19(26)18(23)13-15-9-5-3-6-10-15/h3-13,17H,14H2,1-2H3/b18-13-/t17-/m0/s1. The van der Waals surface area contributed by atoms with Gasteiger partial charge in [-0.25, -0.2) is 4.79 Å². The number of carbonyl (C=O) groups excluding carboxylic acids is 4. The highest BCUT2D eigenvalue weighted by Gasteiger charge is 2.66. The maximum Gasteiger partial charge on any atom is 0.332 e. The first-order valence-corrected chi connectivity index (χ1v) is 9.34. The number of carbonyl (C=O) groups is 4. The van der Waals surface area contributed by atoms with Crippen LogP contribution < -0.4 is 0 Å². The fourth-order valence-corrected chi connectivity index (χ4v) is 4.37. The Labute approximate surface area is 168 Å². The third-order valence-electron chi connectivity index (χ3n) is 5.81. The molecule has 4 rings (SSSR count). The molecule has 0 bridgehead atoms. The molecule has 146 valence electrons. The van der Waals surface area contributed by atoms with E-state index in [4.69, 9.17) is 0 Å². The molecule has 1 aliphatic carbocycles. The molecule has 2 aromatic carbocycles. The van der Waals surface area contributed by atoms with Crippen molar-refractivity contribution in [3.63, 3.8) is 0 Å². The zero-order valence-electron chi connectivity index (χ0n) is 16.2. The van der Waals surface area contributed by atoms with Crippen LogP contribution in [0.4, 0.5) is 4.79 Å². The summed E-state index contributed by atoms with van der Waals surface area (Å²) in [5.74, 6) is -2.26. The van der Waals surface area contributed by atoms with E-state index in [0.717, 1.165) is 15.4 Å². The fourth-order valence-electron chi connectivity index (χ4n) is 4.37. The largest absolute Gasteiger partial charge is 0.332 e. The van der Waals surface area contributed by atoms with Gasteiger partial charge in [0.25, 0.3) is 11.8 Å². The lowest BCUT2D eigenvalue weighted by Gasteiger charge is -2.43. The van der Waals surface area contributed by atoms with Crippen LogP contribution in [0.5, 0.6) is 0 Å². The van der Waals surface area contributed by atoms with Gasteiger partial charge in [0.2, 0.25) is 0 Å². The summed E-state index contributed by atoms with van der Waals surface area (Å²) in [7, 11) is 2.70. The van der Waals surface area contributed by atoms with Crippen LogP contribution in [0, 0.1) is 5.41 Å². The van der Waals surface area contributed by atoms with Crippen LogP contribution in [-0.2, 0) is 14.4 Å². The smallest absolute Gasteiger partial charge is 0.294 e. The molecule has 0 unspecified atom stereocenters. The molecule has 29 heavy (non-hydrogen) atoms. The summed E-state index contributed by atoms with van der Waals surface area (Å²) in [5, 5.41) is 0. The number of amides is 4. The molecule has 2 aromatic rings. The lowest BCUT2D eigenvalue weighted by molar-refractivity contribution is -0.155. The highest BCUT2D eigenvalue weighted by atomic mass is 16.2. The number of hydrogen-bond donors (Lipinski definition) is 0. The normalized spacial score (nSPS) is 22.8. The van der Waals surface area contributed by atoms with Crippen molar-refractivity contribution in [3.8, 4) is 0 Å². The molecule has 6 heteroatoms. The van der Waals surface area contributed by atoms with Gasteiger partial charge in [-0.05, 0) is 17.2 Å². The first-order valence-electron chi connectivity index (χ1n) is 9.34. The van der Waals surface area contributed by atoms with Gasteiger partial charge in [-0.15, -0.1) is 0 Å². The van der Waals surface area contributed by atoms with Gasteiger partial charge in [-0.1, -0.05) is 60.7 Å². The van der Waals surface area contributed by atoms with Gasteiger partial charge < -0.3 is 0 Å². The minimum absolute atomic E-state index is 0.0238. The second-order valence-electron chi connectivity index (χ2n) is 7.38. The number of benzene rings is 2. The van der Waals surface area contributed by atoms with Gasteiger partial charge >= 0.3 is 6.03 Å². The van der Waals surface area contributed by atoms with Crippen molar-refractivity contribution in [2.24, 2.45) is 5.41 Å². The van der Waals surface area contributed by atoms with Gasteiger partial charge in [0, 0.05) is 32.0 Å². The van der Waals surface area contributed by atoms with Crippen molar-refractivity contribution < 1.29 is 19.2 Å². The summed E-state index contributed by atoms with van der Waals surface area (Å²) < 4.78 is 0. The van der Waals surface area contributed by atoms with Crippen LogP contribution in [0.25, 0.3) is 6.08 Å². The van der Waals surface area contributed by atoms with Crippen LogP contribution in [0.1, 0.15) is 23.5 Å². The molecule has 4 amide bonds. The molecule has 1 saturated heterocycles. The van der Waals surface area contributed by atoms with Crippen LogP contribution >= 0.6 is 0 Å². The highest BCUT2D eigenvalue weighted by molar-refractivity contribution is 6.28. The van der Waals surface area contributed by atoms with Crippen molar-refractivity contribution in [1.29, 1.82) is 0 Å². The zero-order chi connectivity index (χ0) is 20.8. The summed E-state index contributed by atoms with van der Waals surface area (Å²) in [5.41, 5.74) is -0.188. The maximum atomic E-state index is 13.5. The number of imide groups is 2. The molecule has 0 radical (unpaired) electrons. The minimum Gasteiger partial charge on any atom is -0.294 e. The van der Waals surface area contributed by atoms with Crippen molar-refractivity contribution >= 4 is 29.7 Å². The van der Waals surface area contributed by atoms with E-state index in [9.17, 15) is 19.2 Å². The van der Waals surface area contributed by atoms with E-state index in [1.54, 1.807) is 18.2 Å². The molecule has 0 aromatic heterocycles. The summed E-state index contributed by atoms with van der Waals surface area (Å²) in [4.78, 5) is 54.4. The maximum absolute atomic E-state index is 13.5. The molecule has 1 aliphatic heterocycles. The predicted molar refractivity (Wildman–Crippen MR) is 107 cm³/mol. The first kappa shape index (κ1) is 18.8. The van der Waals surface area contributed by atoms with E-state index in [1.165, 1.54) is 14.1 Å². The van der Waals surface area contributed by atoms with E-state index in [2.05, 4.69) is 0 Å². The second kappa shape index (κ2) is 6.81. The Morgan fingerprint density at radius 3 is 1.90 bits per heavy atom. The summed E-state index contributed by atoms with van der Waals surface area (Å²) >= 11 is 0. The lowest BCUT2D eigenvalue weighted by Crippen LogP contribution is -2.64. The number of nitrogens with zero attached hydrogens (tertiary/aromatic N) is 2. The number of hydrogen-bond acceptors (Lipinski definition) is 4. The van der Waals surface area contributed by atoms with Gasteiger partial charge in [-0.3, -0.25) is 24.2 Å². The second-order valence-corrected chi connectivity index (χ2v) is 7.38. The molecule has 1 atom stereocenters. The molecular weight excluding hydrogens is 368 g/mol. The topological polar surface area (TPSA) is 74.8 Å². The van der Waals surface area contributed by atoms with E-state index < -0.39 is 29.2 Å². The summed E-state index contributed by atoms with van der Waals surface area (Å²) in [6.45, 7) is 0.